The summed E-state index contributed by atoms with van der Waals surface area (Å²) in [5.41, 5.74) is 3.81. The van der Waals surface area contributed by atoms with Crippen LogP contribution in [0, 0.1) is 0 Å². The third-order valence-corrected chi connectivity index (χ3v) is 3.31. The molecule has 0 spiro atoms. The molecule has 1 aromatic carbocycles. The van der Waals surface area contributed by atoms with Gasteiger partial charge in [-0.25, -0.2) is 5.43 Å². The predicted molar refractivity (Wildman–Crippen MR) is 69.4 cm³/mol. The Morgan fingerprint density at radius 2 is 2.35 bits per heavy atom. The van der Waals surface area contributed by atoms with E-state index >= 15 is 0 Å². The third-order valence-electron chi connectivity index (χ3n) is 2.69. The summed E-state index contributed by atoms with van der Waals surface area (Å²) in [6.07, 6.45) is 2.99. The van der Waals surface area contributed by atoms with Crippen LogP contribution in [0.1, 0.15) is 18.0 Å². The maximum atomic E-state index is 5.59. The van der Waals surface area contributed by atoms with E-state index in [2.05, 4.69) is 27.4 Å². The number of methoxy groups -OCH3 is 1. The lowest BCUT2D eigenvalue weighted by molar-refractivity contribution is 0.215. The number of benzene rings is 1. The van der Waals surface area contributed by atoms with Gasteiger partial charge in [-0.1, -0.05) is 6.07 Å². The van der Waals surface area contributed by atoms with Gasteiger partial charge >= 0.3 is 0 Å². The van der Waals surface area contributed by atoms with Crippen LogP contribution < -0.4 is 16.0 Å². The van der Waals surface area contributed by atoms with Crippen molar-refractivity contribution in [2.45, 2.75) is 12.5 Å². The van der Waals surface area contributed by atoms with Crippen molar-refractivity contribution >= 4 is 15.9 Å². The van der Waals surface area contributed by atoms with Crippen molar-refractivity contribution in [3.05, 3.63) is 40.1 Å². The van der Waals surface area contributed by atoms with Crippen LogP contribution in [0.4, 0.5) is 0 Å². The molecule has 0 aromatic heterocycles. The van der Waals surface area contributed by atoms with Gasteiger partial charge in [-0.2, -0.15) is 0 Å². The Morgan fingerprint density at radius 3 is 2.88 bits per heavy atom. The van der Waals surface area contributed by atoms with E-state index in [-0.39, 0.29) is 6.04 Å². The molecule has 1 unspecified atom stereocenters. The zero-order valence-corrected chi connectivity index (χ0v) is 11.2. The van der Waals surface area contributed by atoms with E-state index < -0.39 is 0 Å². The molecule has 0 aliphatic carbocycles. The van der Waals surface area contributed by atoms with Crippen LogP contribution >= 0.6 is 15.9 Å². The van der Waals surface area contributed by atoms with Crippen LogP contribution in [-0.4, -0.2) is 13.7 Å². The van der Waals surface area contributed by atoms with E-state index in [9.17, 15) is 0 Å². The summed E-state index contributed by atoms with van der Waals surface area (Å²) < 4.78 is 11.6. The molecule has 0 radical (unpaired) electrons. The second-order valence-corrected chi connectivity index (χ2v) is 4.59. The summed E-state index contributed by atoms with van der Waals surface area (Å²) in [5.74, 6) is 7.26. The van der Waals surface area contributed by atoms with Gasteiger partial charge in [0.05, 0.1) is 18.2 Å². The second-order valence-electron chi connectivity index (χ2n) is 3.74. The molecule has 92 valence electrons. The molecule has 5 heteroatoms. The number of rotatable bonds is 4. The number of hydrazine groups is 1. The van der Waals surface area contributed by atoms with Crippen LogP contribution in [0.5, 0.6) is 5.75 Å². The lowest BCUT2D eigenvalue weighted by Gasteiger charge is -2.18. The van der Waals surface area contributed by atoms with E-state index in [0.29, 0.717) is 0 Å². The number of halogens is 1. The molecule has 0 bridgehead atoms. The van der Waals surface area contributed by atoms with Crippen LogP contribution in [0.3, 0.4) is 0 Å². The second kappa shape index (κ2) is 5.53. The van der Waals surface area contributed by atoms with Crippen molar-refractivity contribution in [2.75, 3.05) is 13.7 Å². The topological polar surface area (TPSA) is 56.5 Å². The largest absolute Gasteiger partial charge is 0.496 e. The summed E-state index contributed by atoms with van der Waals surface area (Å²) >= 11 is 3.46. The van der Waals surface area contributed by atoms with Gasteiger partial charge in [-0.15, -0.1) is 0 Å². The highest BCUT2D eigenvalue weighted by Gasteiger charge is 2.20. The van der Waals surface area contributed by atoms with Crippen molar-refractivity contribution in [2.24, 2.45) is 5.84 Å². The number of nitrogens with one attached hydrogen (secondary N) is 1. The van der Waals surface area contributed by atoms with Crippen molar-refractivity contribution in [1.82, 2.24) is 5.43 Å². The highest BCUT2D eigenvalue weighted by molar-refractivity contribution is 9.10. The summed E-state index contributed by atoms with van der Waals surface area (Å²) in [6, 6.07) is 5.74. The minimum absolute atomic E-state index is 0.111. The number of hydrogen-bond donors (Lipinski definition) is 2. The van der Waals surface area contributed by atoms with E-state index in [1.807, 2.05) is 18.2 Å². The first-order chi connectivity index (χ1) is 8.26. The maximum absolute atomic E-state index is 5.59. The first-order valence-electron chi connectivity index (χ1n) is 5.38. The molecule has 1 aliphatic rings. The van der Waals surface area contributed by atoms with Crippen LogP contribution in [0.15, 0.2) is 34.5 Å². The van der Waals surface area contributed by atoms with E-state index in [1.54, 1.807) is 7.11 Å². The molecule has 1 aromatic rings. The fourth-order valence-corrected chi connectivity index (χ4v) is 2.40. The number of nitrogens with two attached hydrogens (primary N) is 1. The first-order valence-corrected chi connectivity index (χ1v) is 6.18. The van der Waals surface area contributed by atoms with Crippen LogP contribution in [0.25, 0.3) is 0 Å². The average molecular weight is 299 g/mol. The molecule has 3 N–H and O–H groups in total. The van der Waals surface area contributed by atoms with Crippen LogP contribution in [0.2, 0.25) is 0 Å². The zero-order valence-electron chi connectivity index (χ0n) is 9.57. The number of hydrogen-bond acceptors (Lipinski definition) is 4. The minimum atomic E-state index is -0.111. The van der Waals surface area contributed by atoms with E-state index in [4.69, 9.17) is 15.3 Å². The average Bonchev–Trinajstić information content (AvgIpc) is 2.84. The summed E-state index contributed by atoms with van der Waals surface area (Å²) in [4.78, 5) is 0. The molecule has 1 atom stereocenters. The van der Waals surface area contributed by atoms with Crippen molar-refractivity contribution < 1.29 is 9.47 Å². The van der Waals surface area contributed by atoms with Crippen molar-refractivity contribution in [3.63, 3.8) is 0 Å². The fraction of sp³-hybridized carbons (Fsp3) is 0.333. The highest BCUT2D eigenvalue weighted by atomic mass is 79.9. The predicted octanol–water partition coefficient (Wildman–Crippen LogP) is 2.27. The lowest BCUT2D eigenvalue weighted by atomic mass is 10.1. The van der Waals surface area contributed by atoms with E-state index in [0.717, 1.165) is 34.6 Å². The standard InChI is InChI=1S/C12H15BrN2O2/c1-16-10-5-4-8(7-9(10)13)12(15-14)11-3-2-6-17-11/h3-5,7,12,15H,2,6,14H2,1H3. The summed E-state index contributed by atoms with van der Waals surface area (Å²) in [6.45, 7) is 0.727. The molecule has 0 saturated carbocycles. The first kappa shape index (κ1) is 12.4. The Bertz CT molecular complexity index is 435. The van der Waals surface area contributed by atoms with Gasteiger partial charge in [0.1, 0.15) is 17.6 Å². The van der Waals surface area contributed by atoms with E-state index in [1.165, 1.54) is 0 Å². The molecule has 2 rings (SSSR count). The summed E-state index contributed by atoms with van der Waals surface area (Å²) in [7, 11) is 1.64. The Morgan fingerprint density at radius 1 is 1.53 bits per heavy atom. The lowest BCUT2D eigenvalue weighted by Crippen LogP contribution is -2.29. The molecule has 1 aliphatic heterocycles. The van der Waals surface area contributed by atoms with Crippen molar-refractivity contribution in [3.8, 4) is 5.75 Å². The normalized spacial score (nSPS) is 16.3. The van der Waals surface area contributed by atoms with Gasteiger partial charge in [0.2, 0.25) is 0 Å². The van der Waals surface area contributed by atoms with Gasteiger partial charge in [0, 0.05) is 6.42 Å². The Labute approximate surface area is 109 Å². The molecular formula is C12H15BrN2O2. The molecule has 17 heavy (non-hydrogen) atoms. The summed E-state index contributed by atoms with van der Waals surface area (Å²) in [5, 5.41) is 0. The Hall–Kier alpha value is -1.04. The maximum Gasteiger partial charge on any atom is 0.133 e. The number of ether oxygens (including phenoxy) is 2. The van der Waals surface area contributed by atoms with Crippen LogP contribution in [-0.2, 0) is 4.74 Å². The third kappa shape index (κ3) is 2.62. The van der Waals surface area contributed by atoms with Gasteiger partial charge in [0.15, 0.2) is 0 Å². The minimum Gasteiger partial charge on any atom is -0.496 e. The zero-order chi connectivity index (χ0) is 12.3. The Balaban J connectivity index is 2.28. The molecule has 0 fully saturated rings. The van der Waals surface area contributed by atoms with Gasteiger partial charge < -0.3 is 9.47 Å². The monoisotopic (exact) mass is 298 g/mol. The Kier molecular flexibility index (Phi) is 4.04. The molecule has 4 nitrogen and oxygen atoms in total. The smallest absolute Gasteiger partial charge is 0.133 e. The van der Waals surface area contributed by atoms with Gasteiger partial charge in [0.25, 0.3) is 0 Å². The van der Waals surface area contributed by atoms with Crippen molar-refractivity contribution in [1.29, 1.82) is 0 Å². The SMILES string of the molecule is COc1ccc(C(NN)C2=CCCO2)cc1Br. The fourth-order valence-electron chi connectivity index (χ4n) is 1.84. The highest BCUT2D eigenvalue weighted by Crippen LogP contribution is 2.31. The van der Waals surface area contributed by atoms with Gasteiger partial charge in [-0.3, -0.25) is 5.84 Å². The molecule has 0 amide bonds. The molecular weight excluding hydrogens is 284 g/mol. The quantitative estimate of drug-likeness (QED) is 0.661. The molecule has 0 saturated heterocycles. The molecule has 1 heterocycles. The van der Waals surface area contributed by atoms with Gasteiger partial charge in [-0.05, 0) is 39.7 Å².